The van der Waals surface area contributed by atoms with Gasteiger partial charge in [-0.1, -0.05) is 58.8 Å². The molecule has 23 heavy (non-hydrogen) atoms. The van der Waals surface area contributed by atoms with Crippen LogP contribution in [0.3, 0.4) is 0 Å². The minimum Gasteiger partial charge on any atom is -0.748 e. The van der Waals surface area contributed by atoms with Crippen LogP contribution in [0.4, 0.5) is 0 Å². The summed E-state index contributed by atoms with van der Waals surface area (Å²) in [6, 6.07) is 0. The Labute approximate surface area is 186 Å². The Balaban J connectivity index is -0.000000145. The van der Waals surface area contributed by atoms with E-state index in [4.69, 9.17) is 0 Å². The molecule has 0 saturated carbocycles. The van der Waals surface area contributed by atoms with Crippen molar-refractivity contribution in [3.63, 3.8) is 0 Å². The van der Waals surface area contributed by atoms with E-state index in [-0.39, 0.29) is 70.6 Å². The number of rotatable bonds is 11. The molecule has 0 N–H and O–H groups in total. The quantitative estimate of drug-likeness (QED) is 0.207. The minimum atomic E-state index is -3.96. The average molecular weight is 390 g/mol. The van der Waals surface area contributed by atoms with Gasteiger partial charge >= 0.3 is 59.1 Å². The first-order chi connectivity index (χ1) is 9.62. The van der Waals surface area contributed by atoms with Gasteiger partial charge in [0, 0.05) is 11.5 Å². The smallest absolute Gasteiger partial charge is 0.748 e. The summed E-state index contributed by atoms with van der Waals surface area (Å²) in [4.78, 5) is 0. The first-order valence-corrected chi connectivity index (χ1v) is 10.6. The SMILES string of the molecule is CCCCCCCS(=O)(=O)[O-].CCCCCCS(=O)(=O)[O-].[Na+].[Na+]. The molecule has 6 nitrogen and oxygen atoms in total. The zero-order valence-corrected chi connectivity index (χ0v) is 20.7. The van der Waals surface area contributed by atoms with Crippen LogP contribution >= 0.6 is 0 Å². The van der Waals surface area contributed by atoms with Crippen LogP contribution in [0.2, 0.25) is 0 Å². The van der Waals surface area contributed by atoms with Crippen LogP contribution < -0.4 is 59.1 Å². The van der Waals surface area contributed by atoms with Crippen molar-refractivity contribution >= 4 is 20.2 Å². The van der Waals surface area contributed by atoms with Crippen molar-refractivity contribution in [2.45, 2.75) is 71.6 Å². The summed E-state index contributed by atoms with van der Waals surface area (Å²) in [5.74, 6) is -0.399. The first-order valence-electron chi connectivity index (χ1n) is 7.49. The molecule has 0 atom stereocenters. The maximum absolute atomic E-state index is 10.1. The molecule has 130 valence electrons. The van der Waals surface area contributed by atoms with Gasteiger partial charge < -0.3 is 9.11 Å². The second kappa shape index (κ2) is 20.1. The van der Waals surface area contributed by atoms with E-state index in [9.17, 15) is 25.9 Å². The molecule has 0 aliphatic carbocycles. The molecule has 0 aliphatic heterocycles. The maximum Gasteiger partial charge on any atom is 1.00 e. The van der Waals surface area contributed by atoms with E-state index in [1.54, 1.807) is 0 Å². The molecule has 10 heteroatoms. The topological polar surface area (TPSA) is 114 Å². The van der Waals surface area contributed by atoms with Crippen molar-refractivity contribution in [1.29, 1.82) is 0 Å². The van der Waals surface area contributed by atoms with Crippen LogP contribution in [-0.4, -0.2) is 37.4 Å². The Morgan fingerprint density at radius 1 is 0.565 bits per heavy atom. The third kappa shape index (κ3) is 40.1. The van der Waals surface area contributed by atoms with E-state index in [0.29, 0.717) is 12.8 Å². The molecule has 0 spiro atoms. The average Bonchev–Trinajstić information content (AvgIpc) is 2.33. The van der Waals surface area contributed by atoms with Crippen LogP contribution in [0.1, 0.15) is 71.6 Å². The zero-order chi connectivity index (χ0) is 16.8. The molecule has 0 radical (unpaired) electrons. The van der Waals surface area contributed by atoms with E-state index >= 15 is 0 Å². The van der Waals surface area contributed by atoms with Gasteiger partial charge in [0.05, 0.1) is 20.2 Å². The van der Waals surface area contributed by atoms with Crippen molar-refractivity contribution < 1.29 is 85.1 Å². The summed E-state index contributed by atoms with van der Waals surface area (Å²) in [5, 5.41) is 0. The van der Waals surface area contributed by atoms with Crippen LogP contribution in [0.25, 0.3) is 0 Å². The molecule has 0 unspecified atom stereocenters. The third-order valence-electron chi connectivity index (χ3n) is 2.75. The van der Waals surface area contributed by atoms with Gasteiger partial charge in [-0.05, 0) is 12.8 Å². The number of hydrogen-bond acceptors (Lipinski definition) is 6. The van der Waals surface area contributed by atoms with Gasteiger partial charge in [0.2, 0.25) is 0 Å². The van der Waals surface area contributed by atoms with Crippen molar-refractivity contribution in [2.75, 3.05) is 11.5 Å². The molecule has 0 aliphatic rings. The van der Waals surface area contributed by atoms with Crippen molar-refractivity contribution in [2.24, 2.45) is 0 Å². The van der Waals surface area contributed by atoms with Gasteiger partial charge in [-0.25, -0.2) is 16.8 Å². The fourth-order valence-electron chi connectivity index (χ4n) is 1.59. The Morgan fingerprint density at radius 3 is 1.09 bits per heavy atom. The van der Waals surface area contributed by atoms with Gasteiger partial charge in [0.15, 0.2) is 0 Å². The van der Waals surface area contributed by atoms with E-state index in [1.807, 2.05) is 6.92 Å². The van der Waals surface area contributed by atoms with Crippen LogP contribution in [-0.2, 0) is 20.2 Å². The molecule has 0 fully saturated rings. The Hall–Kier alpha value is 1.82. The van der Waals surface area contributed by atoms with Gasteiger partial charge in [-0.15, -0.1) is 0 Å². The summed E-state index contributed by atoms with van der Waals surface area (Å²) in [5.41, 5.74) is 0. The molecule has 0 aromatic carbocycles. The Morgan fingerprint density at radius 2 is 0.826 bits per heavy atom. The van der Waals surface area contributed by atoms with Crippen molar-refractivity contribution in [3.05, 3.63) is 0 Å². The molecule has 0 aromatic heterocycles. The number of unbranched alkanes of at least 4 members (excludes halogenated alkanes) is 7. The fraction of sp³-hybridized carbons (Fsp3) is 1.00. The maximum atomic E-state index is 10.1. The Kier molecular flexibility index (Phi) is 28.4. The van der Waals surface area contributed by atoms with Crippen LogP contribution in [0, 0.1) is 0 Å². The zero-order valence-electron chi connectivity index (χ0n) is 15.0. The third-order valence-corrected chi connectivity index (χ3v) is 4.32. The molecule has 0 saturated heterocycles. The summed E-state index contributed by atoms with van der Waals surface area (Å²) in [6.45, 7) is 4.12. The first kappa shape index (κ1) is 32.5. The van der Waals surface area contributed by atoms with Crippen molar-refractivity contribution in [1.82, 2.24) is 0 Å². The summed E-state index contributed by atoms with van der Waals surface area (Å²) < 4.78 is 60.4. The predicted molar refractivity (Wildman–Crippen MR) is 82.0 cm³/mol. The monoisotopic (exact) mass is 390 g/mol. The summed E-state index contributed by atoms with van der Waals surface area (Å²) in [7, 11) is -7.92. The molecular formula is C13H28Na2O6S2. The minimum absolute atomic E-state index is 0. The predicted octanol–water partition coefficient (Wildman–Crippen LogP) is -3.38. The van der Waals surface area contributed by atoms with E-state index in [2.05, 4.69) is 6.92 Å². The van der Waals surface area contributed by atoms with Gasteiger partial charge in [0.25, 0.3) is 0 Å². The van der Waals surface area contributed by atoms with Gasteiger partial charge in [-0.2, -0.15) is 0 Å². The summed E-state index contributed by atoms with van der Waals surface area (Å²) >= 11 is 0. The second-order valence-electron chi connectivity index (χ2n) is 5.00. The van der Waals surface area contributed by atoms with Gasteiger partial charge in [-0.3, -0.25) is 0 Å². The number of hydrogen-bond donors (Lipinski definition) is 0. The normalized spacial score (nSPS) is 10.8. The van der Waals surface area contributed by atoms with Crippen LogP contribution in [0.15, 0.2) is 0 Å². The Bertz CT molecular complexity index is 424. The van der Waals surface area contributed by atoms with Crippen LogP contribution in [0.5, 0.6) is 0 Å². The molecule has 0 aromatic rings. The van der Waals surface area contributed by atoms with Crippen molar-refractivity contribution in [3.8, 4) is 0 Å². The summed E-state index contributed by atoms with van der Waals surface area (Å²) in [6.07, 6.45) is 8.09. The van der Waals surface area contributed by atoms with Gasteiger partial charge in [0.1, 0.15) is 0 Å². The van der Waals surface area contributed by atoms with E-state index in [1.165, 1.54) is 0 Å². The fourth-order valence-corrected chi connectivity index (χ4v) is 2.70. The molecule has 0 rings (SSSR count). The van der Waals surface area contributed by atoms with E-state index in [0.717, 1.165) is 44.9 Å². The van der Waals surface area contributed by atoms with E-state index < -0.39 is 20.2 Å². The molecule has 0 amide bonds. The largest absolute Gasteiger partial charge is 1.00 e. The molecule has 0 heterocycles. The molecular weight excluding hydrogens is 362 g/mol. The standard InChI is InChI=1S/C7H16O3S.C6H14O3S.2Na/c1-2-3-4-5-6-7-11(8,9)10;1-2-3-4-5-6-10(7,8)9;;/h2-7H2,1H3,(H,8,9,10);2-6H2,1H3,(H,7,8,9);;/q;;2*+1/p-2. The second-order valence-corrected chi connectivity index (χ2v) is 8.05. The molecule has 0 bridgehead atoms.